The van der Waals surface area contributed by atoms with Gasteiger partial charge in [-0.15, -0.1) is 11.8 Å². The van der Waals surface area contributed by atoms with Gasteiger partial charge in [0.05, 0.1) is 0 Å². The van der Waals surface area contributed by atoms with Crippen LogP contribution in [0.1, 0.15) is 19.8 Å². The lowest BCUT2D eigenvalue weighted by molar-refractivity contribution is 0.199. The summed E-state index contributed by atoms with van der Waals surface area (Å²) in [7, 11) is 0. The quantitative estimate of drug-likeness (QED) is 0.523. The van der Waals surface area contributed by atoms with Gasteiger partial charge in [-0.25, -0.2) is 17.6 Å². The van der Waals surface area contributed by atoms with Gasteiger partial charge in [-0.1, -0.05) is 13.3 Å². The zero-order chi connectivity index (χ0) is 11.4. The van der Waals surface area contributed by atoms with Gasteiger partial charge >= 0.3 is 0 Å². The Hall–Kier alpha value is -0.450. The van der Waals surface area contributed by atoms with Crippen LogP contribution in [-0.2, 0) is 0 Å². The number of rotatable bonds is 4. The summed E-state index contributed by atoms with van der Waals surface area (Å²) in [5, 5.41) is 0. The van der Waals surface area contributed by atoms with Crippen molar-refractivity contribution in [3.63, 3.8) is 0 Å². The molecular formula is C10H12F4S. The van der Waals surface area contributed by atoms with Gasteiger partial charge < -0.3 is 0 Å². The normalized spacial score (nSPS) is 26.9. The van der Waals surface area contributed by atoms with Crippen molar-refractivity contribution in [2.45, 2.75) is 32.1 Å². The van der Waals surface area contributed by atoms with Crippen LogP contribution >= 0.6 is 11.8 Å². The van der Waals surface area contributed by atoms with Gasteiger partial charge in [0, 0.05) is 4.91 Å². The number of hydrogen-bond acceptors (Lipinski definition) is 1. The Morgan fingerprint density at radius 1 is 1.33 bits per heavy atom. The van der Waals surface area contributed by atoms with Crippen LogP contribution < -0.4 is 0 Å². The molecule has 0 N–H and O–H groups in total. The monoisotopic (exact) mass is 240 g/mol. The second kappa shape index (κ2) is 5.58. The summed E-state index contributed by atoms with van der Waals surface area (Å²) in [6.07, 6.45) is -2.01. The maximum Gasteiger partial charge on any atom is 0.189 e. The molecule has 0 aliphatic heterocycles. The average Bonchev–Trinajstić information content (AvgIpc) is 2.23. The Morgan fingerprint density at radius 3 is 2.60 bits per heavy atom. The molecular weight excluding hydrogens is 228 g/mol. The molecule has 15 heavy (non-hydrogen) atoms. The molecule has 0 radical (unpaired) electrons. The Morgan fingerprint density at radius 2 is 2.00 bits per heavy atom. The molecule has 1 aliphatic rings. The van der Waals surface area contributed by atoms with Gasteiger partial charge in [-0.05, 0) is 18.2 Å². The fraction of sp³-hybridized carbons (Fsp3) is 0.600. The maximum atomic E-state index is 13.1. The highest BCUT2D eigenvalue weighted by atomic mass is 32.2. The minimum Gasteiger partial charge on any atom is -0.239 e. The second-order valence-electron chi connectivity index (χ2n) is 3.24. The summed E-state index contributed by atoms with van der Waals surface area (Å²) in [5.41, 5.74) is 0. The Bertz CT molecular complexity index is 285. The first-order valence-corrected chi connectivity index (χ1v) is 5.74. The Kier molecular flexibility index (Phi) is 4.70. The predicted molar refractivity (Wildman–Crippen MR) is 54.5 cm³/mol. The van der Waals surface area contributed by atoms with Crippen LogP contribution in [0.3, 0.4) is 0 Å². The van der Waals surface area contributed by atoms with Crippen LogP contribution in [-0.4, -0.2) is 18.1 Å². The molecule has 0 spiro atoms. The summed E-state index contributed by atoms with van der Waals surface area (Å²) >= 11 is 1.02. The smallest absolute Gasteiger partial charge is 0.189 e. The molecule has 1 rings (SSSR count). The summed E-state index contributed by atoms with van der Waals surface area (Å²) in [6.45, 7) is 1.96. The van der Waals surface area contributed by atoms with Crippen molar-refractivity contribution < 1.29 is 17.6 Å². The molecule has 5 heteroatoms. The molecule has 0 fully saturated rings. The van der Waals surface area contributed by atoms with Crippen molar-refractivity contribution in [3.05, 3.63) is 22.6 Å². The van der Waals surface area contributed by atoms with Crippen molar-refractivity contribution in [1.82, 2.24) is 0 Å². The third-order valence-electron chi connectivity index (χ3n) is 2.01. The van der Waals surface area contributed by atoms with E-state index in [4.69, 9.17) is 0 Å². The standard InChI is InChI=1S/C10H12F4S/c1-2-3-4-15-7-5-6(11)8(12)10(14)9(7)13/h5-6,8H,2-4H2,1H3. The molecule has 0 amide bonds. The van der Waals surface area contributed by atoms with E-state index in [1.165, 1.54) is 0 Å². The molecule has 0 aromatic heterocycles. The number of alkyl halides is 2. The van der Waals surface area contributed by atoms with E-state index < -0.39 is 24.0 Å². The van der Waals surface area contributed by atoms with E-state index in [1.54, 1.807) is 0 Å². The first-order chi connectivity index (χ1) is 7.07. The van der Waals surface area contributed by atoms with Gasteiger partial charge in [0.2, 0.25) is 0 Å². The van der Waals surface area contributed by atoms with Crippen LogP contribution in [0.4, 0.5) is 17.6 Å². The topological polar surface area (TPSA) is 0 Å². The van der Waals surface area contributed by atoms with Crippen molar-refractivity contribution in [3.8, 4) is 0 Å². The van der Waals surface area contributed by atoms with Crippen LogP contribution in [0.5, 0.6) is 0 Å². The highest BCUT2D eigenvalue weighted by Crippen LogP contribution is 2.37. The number of allylic oxidation sites excluding steroid dienone is 3. The van der Waals surface area contributed by atoms with Crippen molar-refractivity contribution in [2.24, 2.45) is 0 Å². The van der Waals surface area contributed by atoms with E-state index in [2.05, 4.69) is 0 Å². The van der Waals surface area contributed by atoms with E-state index >= 15 is 0 Å². The van der Waals surface area contributed by atoms with Crippen molar-refractivity contribution in [2.75, 3.05) is 5.75 Å². The first-order valence-electron chi connectivity index (χ1n) is 4.76. The molecule has 0 aromatic carbocycles. The molecule has 0 nitrogen and oxygen atoms in total. The molecule has 2 atom stereocenters. The highest BCUT2D eigenvalue weighted by molar-refractivity contribution is 8.03. The second-order valence-corrected chi connectivity index (χ2v) is 4.38. The summed E-state index contributed by atoms with van der Waals surface area (Å²) in [5.74, 6) is -2.30. The molecule has 86 valence electrons. The van der Waals surface area contributed by atoms with E-state index in [-0.39, 0.29) is 4.91 Å². The summed E-state index contributed by atoms with van der Waals surface area (Å²) in [6, 6.07) is 0. The summed E-state index contributed by atoms with van der Waals surface area (Å²) < 4.78 is 51.5. The van der Waals surface area contributed by atoms with Crippen molar-refractivity contribution in [1.29, 1.82) is 0 Å². The van der Waals surface area contributed by atoms with Crippen LogP contribution in [0, 0.1) is 0 Å². The average molecular weight is 240 g/mol. The van der Waals surface area contributed by atoms with E-state index in [1.807, 2.05) is 6.92 Å². The van der Waals surface area contributed by atoms with Crippen LogP contribution in [0.2, 0.25) is 0 Å². The largest absolute Gasteiger partial charge is 0.239 e. The van der Waals surface area contributed by atoms with Crippen LogP contribution in [0.15, 0.2) is 22.6 Å². The highest BCUT2D eigenvalue weighted by Gasteiger charge is 2.33. The first kappa shape index (κ1) is 12.6. The van der Waals surface area contributed by atoms with E-state index in [0.29, 0.717) is 5.75 Å². The SMILES string of the molecule is CCCCSC1=CC(F)C(F)C(F)=C1F. The number of hydrogen-bond donors (Lipinski definition) is 0. The molecule has 0 saturated carbocycles. The lowest BCUT2D eigenvalue weighted by atomic mass is 10.1. The zero-order valence-corrected chi connectivity index (χ0v) is 9.09. The minimum atomic E-state index is -2.49. The fourth-order valence-corrected chi connectivity index (χ4v) is 2.22. The van der Waals surface area contributed by atoms with Crippen molar-refractivity contribution >= 4 is 11.8 Å². The Balaban J connectivity index is 2.68. The molecule has 0 heterocycles. The number of unbranched alkanes of at least 4 members (excludes halogenated alkanes) is 1. The molecule has 0 saturated heterocycles. The third-order valence-corrected chi connectivity index (χ3v) is 3.13. The molecule has 1 aliphatic carbocycles. The van der Waals surface area contributed by atoms with Gasteiger partial charge in [-0.3, -0.25) is 0 Å². The minimum absolute atomic E-state index is 0.123. The maximum absolute atomic E-state index is 13.1. The predicted octanol–water partition coefficient (Wildman–Crippen LogP) is 4.24. The number of thioether (sulfide) groups is 1. The lowest BCUT2D eigenvalue weighted by Crippen LogP contribution is -2.20. The van der Waals surface area contributed by atoms with E-state index in [9.17, 15) is 17.6 Å². The van der Waals surface area contributed by atoms with Gasteiger partial charge in [0.1, 0.15) is 0 Å². The third kappa shape index (κ3) is 3.00. The molecule has 2 unspecified atom stereocenters. The van der Waals surface area contributed by atoms with Gasteiger partial charge in [-0.2, -0.15) is 0 Å². The zero-order valence-electron chi connectivity index (χ0n) is 8.27. The summed E-state index contributed by atoms with van der Waals surface area (Å²) in [4.78, 5) is -0.123. The molecule has 0 aromatic rings. The molecule has 0 bridgehead atoms. The lowest BCUT2D eigenvalue weighted by Gasteiger charge is -2.17. The van der Waals surface area contributed by atoms with E-state index in [0.717, 1.165) is 30.7 Å². The fourth-order valence-electron chi connectivity index (χ4n) is 1.12. The number of halogens is 4. The van der Waals surface area contributed by atoms with Gasteiger partial charge in [0.15, 0.2) is 24.0 Å². The van der Waals surface area contributed by atoms with Gasteiger partial charge in [0.25, 0.3) is 0 Å². The Labute approximate surface area is 90.4 Å². The van der Waals surface area contributed by atoms with Crippen LogP contribution in [0.25, 0.3) is 0 Å².